The molecule has 0 saturated carbocycles. The minimum atomic E-state index is 0.435. The molecule has 1 heterocycles. The molecular formula is C10H9NO2. The molecule has 0 atom stereocenters. The Morgan fingerprint density at radius 1 is 1.38 bits per heavy atom. The predicted octanol–water partition coefficient (Wildman–Crippen LogP) is 1.71. The zero-order valence-corrected chi connectivity index (χ0v) is 7.23. The summed E-state index contributed by atoms with van der Waals surface area (Å²) in [5.41, 5.74) is 1.12. The third-order valence-electron chi connectivity index (χ3n) is 2.04. The van der Waals surface area contributed by atoms with Crippen molar-refractivity contribution in [2.45, 2.75) is 0 Å². The second-order valence-corrected chi connectivity index (χ2v) is 2.86. The molecule has 0 amide bonds. The van der Waals surface area contributed by atoms with E-state index in [4.69, 9.17) is 4.74 Å². The lowest BCUT2D eigenvalue weighted by Gasteiger charge is -1.98. The van der Waals surface area contributed by atoms with E-state index in [2.05, 4.69) is 0 Å². The van der Waals surface area contributed by atoms with Crippen LogP contribution in [0.2, 0.25) is 0 Å². The van der Waals surface area contributed by atoms with Gasteiger partial charge in [-0.05, 0) is 24.3 Å². The number of carbonyl (C=O) groups is 1. The number of nitrogens with zero attached hydrogens (tertiary/aromatic N) is 1. The van der Waals surface area contributed by atoms with Crippen molar-refractivity contribution in [3.63, 3.8) is 0 Å². The highest BCUT2D eigenvalue weighted by Gasteiger charge is 1.99. The van der Waals surface area contributed by atoms with Crippen molar-refractivity contribution in [3.8, 4) is 5.75 Å². The molecule has 0 aliphatic carbocycles. The molecule has 0 N–H and O–H groups in total. The van der Waals surface area contributed by atoms with Crippen LogP contribution in [0.4, 0.5) is 0 Å². The van der Waals surface area contributed by atoms with Gasteiger partial charge >= 0.3 is 0 Å². The van der Waals surface area contributed by atoms with Crippen LogP contribution in [0.5, 0.6) is 5.75 Å². The molecule has 0 aliphatic rings. The Labute approximate surface area is 75.5 Å². The molecule has 1 aromatic carbocycles. The van der Waals surface area contributed by atoms with Crippen molar-refractivity contribution in [2.24, 2.45) is 7.05 Å². The van der Waals surface area contributed by atoms with Gasteiger partial charge in [0.25, 0.3) is 6.47 Å². The van der Waals surface area contributed by atoms with Crippen LogP contribution in [-0.4, -0.2) is 11.0 Å². The smallest absolute Gasteiger partial charge is 0.298 e. The summed E-state index contributed by atoms with van der Waals surface area (Å²) in [6, 6.07) is 7.52. The fourth-order valence-electron chi connectivity index (χ4n) is 1.39. The Kier molecular flexibility index (Phi) is 1.77. The topological polar surface area (TPSA) is 31.2 Å². The maximum atomic E-state index is 10.1. The number of benzene rings is 1. The van der Waals surface area contributed by atoms with Crippen LogP contribution in [0, 0.1) is 0 Å². The number of aromatic nitrogens is 1. The largest absolute Gasteiger partial charge is 0.429 e. The first-order valence-corrected chi connectivity index (χ1v) is 3.96. The van der Waals surface area contributed by atoms with Crippen LogP contribution in [0.15, 0.2) is 30.5 Å². The molecule has 0 fully saturated rings. The summed E-state index contributed by atoms with van der Waals surface area (Å²) in [5, 5.41) is 1.07. The third kappa shape index (κ3) is 1.28. The first-order valence-electron chi connectivity index (χ1n) is 3.96. The SMILES string of the molecule is Cn1ccc2cc(OC=O)ccc21. The molecule has 0 unspecified atom stereocenters. The van der Waals surface area contributed by atoms with Gasteiger partial charge in [-0.25, -0.2) is 0 Å². The van der Waals surface area contributed by atoms with E-state index < -0.39 is 0 Å². The number of fused-ring (bicyclic) bond motifs is 1. The summed E-state index contributed by atoms with van der Waals surface area (Å²) in [4.78, 5) is 10.1. The van der Waals surface area contributed by atoms with E-state index in [1.54, 1.807) is 6.07 Å². The van der Waals surface area contributed by atoms with Crippen LogP contribution in [0.1, 0.15) is 0 Å². The van der Waals surface area contributed by atoms with Crippen LogP contribution in [-0.2, 0) is 11.8 Å². The van der Waals surface area contributed by atoms with Crippen LogP contribution in [0.25, 0.3) is 10.9 Å². The minimum Gasteiger partial charge on any atom is -0.429 e. The number of hydrogen-bond acceptors (Lipinski definition) is 2. The molecule has 3 nitrogen and oxygen atoms in total. The summed E-state index contributed by atoms with van der Waals surface area (Å²) in [6.07, 6.45) is 1.97. The van der Waals surface area contributed by atoms with E-state index in [0.717, 1.165) is 10.9 Å². The lowest BCUT2D eigenvalue weighted by molar-refractivity contribution is -0.120. The molecule has 0 saturated heterocycles. The summed E-state index contributed by atoms with van der Waals surface area (Å²) >= 11 is 0. The highest BCUT2D eigenvalue weighted by Crippen LogP contribution is 2.20. The molecule has 1 aromatic heterocycles. The van der Waals surface area contributed by atoms with Gasteiger partial charge in [0.2, 0.25) is 0 Å². The second-order valence-electron chi connectivity index (χ2n) is 2.86. The Balaban J connectivity index is 2.56. The molecule has 0 aliphatic heterocycles. The Bertz CT molecular complexity index is 445. The van der Waals surface area contributed by atoms with Crippen molar-refractivity contribution in [3.05, 3.63) is 30.5 Å². The van der Waals surface area contributed by atoms with Crippen LogP contribution < -0.4 is 4.74 Å². The van der Waals surface area contributed by atoms with Crippen molar-refractivity contribution in [2.75, 3.05) is 0 Å². The lowest BCUT2D eigenvalue weighted by atomic mass is 10.2. The first kappa shape index (κ1) is 7.86. The Morgan fingerprint density at radius 2 is 2.23 bits per heavy atom. The van der Waals surface area contributed by atoms with Gasteiger partial charge in [0, 0.05) is 24.1 Å². The average Bonchev–Trinajstić information content (AvgIpc) is 2.48. The van der Waals surface area contributed by atoms with E-state index in [1.807, 2.05) is 36.0 Å². The predicted molar refractivity (Wildman–Crippen MR) is 49.6 cm³/mol. The zero-order chi connectivity index (χ0) is 9.26. The third-order valence-corrected chi connectivity index (χ3v) is 2.04. The number of ether oxygens (including phenoxy) is 1. The van der Waals surface area contributed by atoms with Gasteiger partial charge in [0.15, 0.2) is 0 Å². The van der Waals surface area contributed by atoms with E-state index in [-0.39, 0.29) is 0 Å². The zero-order valence-electron chi connectivity index (χ0n) is 7.23. The van der Waals surface area contributed by atoms with Crippen molar-refractivity contribution in [1.29, 1.82) is 0 Å². The van der Waals surface area contributed by atoms with Gasteiger partial charge in [0.1, 0.15) is 5.75 Å². The molecule has 0 bridgehead atoms. The number of carbonyl (C=O) groups excluding carboxylic acids is 1. The molecule has 2 aromatic rings. The Morgan fingerprint density at radius 3 is 3.00 bits per heavy atom. The lowest BCUT2D eigenvalue weighted by Crippen LogP contribution is -1.88. The average molecular weight is 175 g/mol. The van der Waals surface area contributed by atoms with Gasteiger partial charge in [-0.2, -0.15) is 0 Å². The normalized spacial score (nSPS) is 10.2. The maximum Gasteiger partial charge on any atom is 0.298 e. The van der Waals surface area contributed by atoms with E-state index in [0.29, 0.717) is 12.2 Å². The summed E-state index contributed by atoms with van der Waals surface area (Å²) in [5.74, 6) is 0.578. The molecule has 0 radical (unpaired) electrons. The number of hydrogen-bond donors (Lipinski definition) is 0. The van der Waals surface area contributed by atoms with Crippen LogP contribution >= 0.6 is 0 Å². The minimum absolute atomic E-state index is 0.435. The van der Waals surface area contributed by atoms with Crippen molar-refractivity contribution >= 4 is 17.4 Å². The van der Waals surface area contributed by atoms with Crippen molar-refractivity contribution in [1.82, 2.24) is 4.57 Å². The van der Waals surface area contributed by atoms with E-state index >= 15 is 0 Å². The van der Waals surface area contributed by atoms with Gasteiger partial charge in [-0.1, -0.05) is 0 Å². The highest BCUT2D eigenvalue weighted by molar-refractivity contribution is 5.81. The molecule has 2 rings (SSSR count). The van der Waals surface area contributed by atoms with Gasteiger partial charge in [-0.3, -0.25) is 4.79 Å². The second kappa shape index (κ2) is 2.94. The van der Waals surface area contributed by atoms with Crippen LogP contribution in [0.3, 0.4) is 0 Å². The quantitative estimate of drug-likeness (QED) is 0.650. The molecule has 13 heavy (non-hydrogen) atoms. The van der Waals surface area contributed by atoms with E-state index in [1.165, 1.54) is 0 Å². The summed E-state index contributed by atoms with van der Waals surface area (Å²) in [7, 11) is 1.97. The fraction of sp³-hybridized carbons (Fsp3) is 0.100. The van der Waals surface area contributed by atoms with E-state index in [9.17, 15) is 4.79 Å². The molecule has 3 heteroatoms. The standard InChI is InChI=1S/C10H9NO2/c1-11-5-4-8-6-9(13-7-12)2-3-10(8)11/h2-7H,1H3. The summed E-state index contributed by atoms with van der Waals surface area (Å²) < 4.78 is 6.75. The molecular weight excluding hydrogens is 166 g/mol. The van der Waals surface area contributed by atoms with Gasteiger partial charge in [0.05, 0.1) is 0 Å². The number of aryl methyl sites for hydroxylation is 1. The maximum absolute atomic E-state index is 10.1. The van der Waals surface area contributed by atoms with Gasteiger partial charge < -0.3 is 9.30 Å². The van der Waals surface area contributed by atoms with Crippen molar-refractivity contribution < 1.29 is 9.53 Å². The highest BCUT2D eigenvalue weighted by atomic mass is 16.5. The Hall–Kier alpha value is -1.77. The summed E-state index contributed by atoms with van der Waals surface area (Å²) in [6.45, 7) is 0.435. The molecule has 0 spiro atoms. The molecule has 66 valence electrons. The fourth-order valence-corrected chi connectivity index (χ4v) is 1.39. The monoisotopic (exact) mass is 175 g/mol. The van der Waals surface area contributed by atoms with Gasteiger partial charge in [-0.15, -0.1) is 0 Å². The number of rotatable bonds is 2. The first-order chi connectivity index (χ1) is 6.31.